The lowest BCUT2D eigenvalue weighted by Gasteiger charge is -2.03. The number of rotatable bonds is 5. The first-order valence-electron chi connectivity index (χ1n) is 6.18. The third kappa shape index (κ3) is 3.85. The summed E-state index contributed by atoms with van der Waals surface area (Å²) >= 11 is 1.20. The van der Waals surface area contributed by atoms with Crippen LogP contribution in [0.5, 0.6) is 0 Å². The Labute approximate surface area is 123 Å². The Balaban J connectivity index is 2.18. The van der Waals surface area contributed by atoms with Crippen LogP contribution in [0.1, 0.15) is 28.8 Å². The molecule has 112 valence electrons. The zero-order valence-electron chi connectivity index (χ0n) is 11.5. The summed E-state index contributed by atoms with van der Waals surface area (Å²) in [7, 11) is 0. The van der Waals surface area contributed by atoms with Crippen LogP contribution < -0.4 is 11.2 Å². The number of nitrogens with one attached hydrogen (secondary N) is 3. The number of hydrogen-bond acceptors (Lipinski definition) is 6. The molecule has 0 saturated carbocycles. The fourth-order valence-electron chi connectivity index (χ4n) is 1.67. The van der Waals surface area contributed by atoms with Crippen LogP contribution in [0.2, 0.25) is 0 Å². The molecule has 0 aliphatic rings. The second kappa shape index (κ2) is 6.44. The van der Waals surface area contributed by atoms with Gasteiger partial charge in [-0.3, -0.25) is 9.78 Å². The number of ether oxygens (including phenoxy) is 1. The Morgan fingerprint density at radius 2 is 2.10 bits per heavy atom. The van der Waals surface area contributed by atoms with Crippen LogP contribution in [0.25, 0.3) is 0 Å². The molecule has 0 atom stereocenters. The maximum atomic E-state index is 11.7. The maximum absolute atomic E-state index is 11.7. The number of carbonyl (C=O) groups is 1. The molecule has 2 aromatic heterocycles. The van der Waals surface area contributed by atoms with Gasteiger partial charge in [0.15, 0.2) is 5.16 Å². The van der Waals surface area contributed by atoms with Crippen LogP contribution in [0, 0.1) is 6.92 Å². The van der Waals surface area contributed by atoms with Gasteiger partial charge in [-0.1, -0.05) is 11.8 Å². The van der Waals surface area contributed by atoms with Crippen LogP contribution in [0.15, 0.2) is 20.8 Å². The molecule has 2 aromatic rings. The van der Waals surface area contributed by atoms with Crippen molar-refractivity contribution in [2.24, 2.45) is 0 Å². The molecular formula is C12H14N4O4S. The zero-order valence-corrected chi connectivity index (χ0v) is 12.3. The average molecular weight is 310 g/mol. The number of esters is 1. The Hall–Kier alpha value is -2.29. The Morgan fingerprint density at radius 3 is 2.76 bits per heavy atom. The van der Waals surface area contributed by atoms with Crippen LogP contribution in [-0.4, -0.2) is 32.5 Å². The van der Waals surface area contributed by atoms with Gasteiger partial charge in [0.1, 0.15) is 5.69 Å². The van der Waals surface area contributed by atoms with Crippen LogP contribution in [0.3, 0.4) is 0 Å². The first-order chi connectivity index (χ1) is 9.99. The second-order valence-electron chi connectivity index (χ2n) is 4.13. The highest BCUT2D eigenvalue weighted by atomic mass is 32.2. The predicted octanol–water partition coefficient (Wildman–Crippen LogP) is 0.564. The first-order valence-corrected chi connectivity index (χ1v) is 7.17. The quantitative estimate of drug-likeness (QED) is 0.421. The van der Waals surface area contributed by atoms with E-state index in [0.717, 1.165) is 0 Å². The van der Waals surface area contributed by atoms with Crippen LogP contribution >= 0.6 is 11.8 Å². The number of nitrogens with zero attached hydrogens (tertiary/aromatic N) is 1. The molecule has 0 radical (unpaired) electrons. The SMILES string of the molecule is CCOC(=O)c1[nH]c(=O)[nH]c1CSc1nc(C)cc(=O)[nH]1. The van der Waals surface area contributed by atoms with Gasteiger partial charge in [-0.25, -0.2) is 14.6 Å². The summed E-state index contributed by atoms with van der Waals surface area (Å²) in [6.45, 7) is 3.60. The fraction of sp³-hybridized carbons (Fsp3) is 0.333. The van der Waals surface area contributed by atoms with Crippen molar-refractivity contribution in [1.29, 1.82) is 0 Å². The number of imidazole rings is 1. The number of thioether (sulfide) groups is 1. The van der Waals surface area contributed by atoms with Crippen molar-refractivity contribution in [3.63, 3.8) is 0 Å². The number of hydrogen-bond donors (Lipinski definition) is 3. The predicted molar refractivity (Wildman–Crippen MR) is 76.5 cm³/mol. The minimum Gasteiger partial charge on any atom is -0.461 e. The highest BCUT2D eigenvalue weighted by Crippen LogP contribution is 2.18. The van der Waals surface area contributed by atoms with Crippen molar-refractivity contribution < 1.29 is 9.53 Å². The number of aryl methyl sites for hydroxylation is 1. The third-order valence-electron chi connectivity index (χ3n) is 2.49. The topological polar surface area (TPSA) is 121 Å². The number of aromatic amines is 3. The summed E-state index contributed by atoms with van der Waals surface area (Å²) in [6, 6.07) is 1.38. The van der Waals surface area contributed by atoms with Gasteiger partial charge in [0, 0.05) is 17.5 Å². The van der Waals surface area contributed by atoms with E-state index in [4.69, 9.17) is 4.74 Å². The largest absolute Gasteiger partial charge is 0.461 e. The van der Waals surface area contributed by atoms with E-state index in [-0.39, 0.29) is 23.6 Å². The van der Waals surface area contributed by atoms with E-state index < -0.39 is 11.7 Å². The summed E-state index contributed by atoms with van der Waals surface area (Å²) < 4.78 is 4.86. The van der Waals surface area contributed by atoms with E-state index in [9.17, 15) is 14.4 Å². The molecule has 0 fully saturated rings. The number of H-pyrrole nitrogens is 3. The summed E-state index contributed by atoms with van der Waals surface area (Å²) in [5, 5.41) is 0.414. The van der Waals surface area contributed by atoms with Crippen molar-refractivity contribution in [1.82, 2.24) is 19.9 Å². The van der Waals surface area contributed by atoms with E-state index >= 15 is 0 Å². The van der Waals surface area contributed by atoms with Crippen LogP contribution in [0.4, 0.5) is 0 Å². The van der Waals surface area contributed by atoms with Gasteiger partial charge < -0.3 is 14.7 Å². The summed E-state index contributed by atoms with van der Waals surface area (Å²) in [4.78, 5) is 46.0. The van der Waals surface area contributed by atoms with E-state index in [1.807, 2.05) is 0 Å². The van der Waals surface area contributed by atoms with Gasteiger partial charge in [0.25, 0.3) is 5.56 Å². The van der Waals surface area contributed by atoms with Gasteiger partial charge in [-0.2, -0.15) is 0 Å². The van der Waals surface area contributed by atoms with E-state index in [2.05, 4.69) is 19.9 Å². The minimum atomic E-state index is -0.600. The second-order valence-corrected chi connectivity index (χ2v) is 5.10. The average Bonchev–Trinajstić information content (AvgIpc) is 2.77. The van der Waals surface area contributed by atoms with Gasteiger partial charge in [0.05, 0.1) is 12.3 Å². The molecule has 0 unspecified atom stereocenters. The van der Waals surface area contributed by atoms with Gasteiger partial charge in [-0.15, -0.1) is 0 Å². The summed E-state index contributed by atoms with van der Waals surface area (Å²) in [5.41, 5.74) is 0.337. The number of carbonyl (C=O) groups excluding carboxylic acids is 1. The molecule has 21 heavy (non-hydrogen) atoms. The lowest BCUT2D eigenvalue weighted by atomic mass is 10.3. The van der Waals surface area contributed by atoms with Crippen molar-refractivity contribution in [2.75, 3.05) is 6.61 Å². The molecule has 0 amide bonds. The minimum absolute atomic E-state index is 0.0874. The maximum Gasteiger partial charge on any atom is 0.356 e. The van der Waals surface area contributed by atoms with Crippen molar-refractivity contribution in [3.05, 3.63) is 44.0 Å². The summed E-state index contributed by atoms with van der Waals surface area (Å²) in [5.74, 6) is -0.337. The molecule has 0 aliphatic carbocycles. The molecule has 0 bridgehead atoms. The summed E-state index contributed by atoms with van der Waals surface area (Å²) in [6.07, 6.45) is 0. The lowest BCUT2D eigenvalue weighted by Crippen LogP contribution is -2.10. The highest BCUT2D eigenvalue weighted by Gasteiger charge is 2.16. The van der Waals surface area contributed by atoms with Gasteiger partial charge in [0.2, 0.25) is 0 Å². The van der Waals surface area contributed by atoms with E-state index in [0.29, 0.717) is 16.5 Å². The molecular weight excluding hydrogens is 296 g/mol. The highest BCUT2D eigenvalue weighted by molar-refractivity contribution is 7.98. The number of aromatic nitrogens is 4. The van der Waals surface area contributed by atoms with Crippen molar-refractivity contribution >= 4 is 17.7 Å². The fourth-order valence-corrected chi connectivity index (χ4v) is 2.54. The molecule has 0 aromatic carbocycles. The first kappa shape index (κ1) is 15.1. The molecule has 3 N–H and O–H groups in total. The Morgan fingerprint density at radius 1 is 1.33 bits per heavy atom. The molecule has 2 heterocycles. The molecule has 0 aliphatic heterocycles. The van der Waals surface area contributed by atoms with Gasteiger partial charge >= 0.3 is 11.7 Å². The third-order valence-corrected chi connectivity index (χ3v) is 3.39. The standard InChI is InChI=1S/C12H14N4O4S/c1-3-20-10(18)9-7(14-11(19)16-9)5-21-12-13-6(2)4-8(17)15-12/h4H,3,5H2,1-2H3,(H,13,15,17)(H2,14,16,19). The van der Waals surface area contributed by atoms with Crippen molar-refractivity contribution in [2.45, 2.75) is 24.8 Å². The van der Waals surface area contributed by atoms with Gasteiger partial charge in [-0.05, 0) is 13.8 Å². The molecule has 9 heteroatoms. The van der Waals surface area contributed by atoms with Crippen molar-refractivity contribution in [3.8, 4) is 0 Å². The Kier molecular flexibility index (Phi) is 4.63. The van der Waals surface area contributed by atoms with Crippen LogP contribution in [-0.2, 0) is 10.5 Å². The Bertz CT molecular complexity index is 761. The smallest absolute Gasteiger partial charge is 0.356 e. The normalized spacial score (nSPS) is 10.6. The lowest BCUT2D eigenvalue weighted by molar-refractivity contribution is 0.0519. The molecule has 8 nitrogen and oxygen atoms in total. The molecule has 0 spiro atoms. The van der Waals surface area contributed by atoms with E-state index in [1.165, 1.54) is 17.8 Å². The monoisotopic (exact) mass is 310 g/mol. The molecule has 2 rings (SSSR count). The zero-order chi connectivity index (χ0) is 15.4. The van der Waals surface area contributed by atoms with E-state index in [1.54, 1.807) is 13.8 Å². The molecule has 0 saturated heterocycles.